The largest absolute Gasteiger partial charge is 0.508 e. The average Bonchev–Trinajstić information content (AvgIpc) is 2.96. The summed E-state index contributed by atoms with van der Waals surface area (Å²) < 4.78 is 0. The van der Waals surface area contributed by atoms with Gasteiger partial charge in [-0.25, -0.2) is 0 Å². The quantitative estimate of drug-likeness (QED) is 0.771. The predicted molar refractivity (Wildman–Crippen MR) is 58.1 cm³/mol. The van der Waals surface area contributed by atoms with Gasteiger partial charge in [0.25, 0.3) is 0 Å². The Labute approximate surface area is 92.1 Å². The number of carboxylic acid groups (broad SMARTS) is 1. The van der Waals surface area contributed by atoms with Crippen LogP contribution >= 0.6 is 11.8 Å². The van der Waals surface area contributed by atoms with Crippen LogP contribution in [0.25, 0.3) is 0 Å². The zero-order valence-corrected chi connectivity index (χ0v) is 8.96. The van der Waals surface area contributed by atoms with E-state index in [0.29, 0.717) is 5.75 Å². The molecule has 0 heterocycles. The van der Waals surface area contributed by atoms with Crippen LogP contribution in [0, 0.1) is 5.41 Å². The summed E-state index contributed by atoms with van der Waals surface area (Å²) in [6.45, 7) is 0. The Kier molecular flexibility index (Phi) is 2.61. The second-order valence-electron chi connectivity index (χ2n) is 3.87. The van der Waals surface area contributed by atoms with Crippen molar-refractivity contribution in [3.05, 3.63) is 24.3 Å². The maximum atomic E-state index is 10.9. The fourth-order valence-electron chi connectivity index (χ4n) is 1.37. The molecule has 1 aliphatic rings. The molecular weight excluding hydrogens is 212 g/mol. The highest BCUT2D eigenvalue weighted by atomic mass is 32.2. The minimum atomic E-state index is -0.699. The van der Waals surface area contributed by atoms with E-state index in [1.165, 1.54) is 11.8 Å². The zero-order valence-electron chi connectivity index (χ0n) is 8.14. The van der Waals surface area contributed by atoms with Crippen molar-refractivity contribution in [3.8, 4) is 5.75 Å². The lowest BCUT2D eigenvalue weighted by Crippen LogP contribution is -2.17. The van der Waals surface area contributed by atoms with Gasteiger partial charge in [0.2, 0.25) is 0 Å². The third kappa shape index (κ3) is 2.26. The number of benzene rings is 1. The number of aromatic hydroxyl groups is 1. The van der Waals surface area contributed by atoms with Gasteiger partial charge in [-0.05, 0) is 31.0 Å². The molecule has 1 saturated carbocycles. The summed E-state index contributed by atoms with van der Waals surface area (Å²) in [6, 6.07) is 6.90. The smallest absolute Gasteiger partial charge is 0.310 e. The number of phenols is 1. The topological polar surface area (TPSA) is 57.5 Å². The van der Waals surface area contributed by atoms with Gasteiger partial charge in [-0.1, -0.05) is 6.07 Å². The number of hydrogen-bond acceptors (Lipinski definition) is 3. The summed E-state index contributed by atoms with van der Waals surface area (Å²) in [6.07, 6.45) is 1.54. The Bertz CT molecular complexity index is 385. The van der Waals surface area contributed by atoms with E-state index in [9.17, 15) is 9.90 Å². The third-order valence-electron chi connectivity index (χ3n) is 2.64. The molecule has 0 unspecified atom stereocenters. The van der Waals surface area contributed by atoms with Gasteiger partial charge < -0.3 is 10.2 Å². The SMILES string of the molecule is O=C(O)C1(CSc2cccc(O)c2)CC1. The molecule has 1 aromatic carbocycles. The zero-order chi connectivity index (χ0) is 10.9. The molecule has 2 N–H and O–H groups in total. The van der Waals surface area contributed by atoms with E-state index in [2.05, 4.69) is 0 Å². The fraction of sp³-hybridized carbons (Fsp3) is 0.364. The first kappa shape index (κ1) is 10.4. The summed E-state index contributed by atoms with van der Waals surface area (Å²) in [7, 11) is 0. The number of phenolic OH excluding ortho intramolecular Hbond substituents is 1. The van der Waals surface area contributed by atoms with Crippen LogP contribution in [0.15, 0.2) is 29.2 Å². The van der Waals surface area contributed by atoms with Crippen LogP contribution in [0.4, 0.5) is 0 Å². The molecule has 1 fully saturated rings. The summed E-state index contributed by atoms with van der Waals surface area (Å²) >= 11 is 1.49. The maximum Gasteiger partial charge on any atom is 0.310 e. The highest BCUT2D eigenvalue weighted by Crippen LogP contribution is 2.49. The summed E-state index contributed by atoms with van der Waals surface area (Å²) in [4.78, 5) is 11.8. The van der Waals surface area contributed by atoms with E-state index in [-0.39, 0.29) is 5.75 Å². The molecule has 2 rings (SSSR count). The van der Waals surface area contributed by atoms with Crippen molar-refractivity contribution in [2.24, 2.45) is 5.41 Å². The van der Waals surface area contributed by atoms with Crippen molar-refractivity contribution in [2.45, 2.75) is 17.7 Å². The molecule has 4 heteroatoms. The number of carboxylic acids is 1. The lowest BCUT2D eigenvalue weighted by Gasteiger charge is -2.08. The molecule has 3 nitrogen and oxygen atoms in total. The minimum Gasteiger partial charge on any atom is -0.508 e. The number of rotatable bonds is 4. The highest BCUT2D eigenvalue weighted by molar-refractivity contribution is 7.99. The summed E-state index contributed by atoms with van der Waals surface area (Å²) in [5.41, 5.74) is -0.504. The standard InChI is InChI=1S/C11H12O3S/c12-8-2-1-3-9(6-8)15-7-11(4-5-11)10(13)14/h1-3,6,12H,4-5,7H2,(H,13,14). The van der Waals surface area contributed by atoms with Crippen LogP contribution in [-0.2, 0) is 4.79 Å². The van der Waals surface area contributed by atoms with Crippen LogP contribution < -0.4 is 0 Å². The molecule has 0 bridgehead atoms. The monoisotopic (exact) mass is 224 g/mol. The average molecular weight is 224 g/mol. The molecule has 0 atom stereocenters. The molecule has 80 valence electrons. The van der Waals surface area contributed by atoms with Gasteiger partial charge in [0.05, 0.1) is 5.41 Å². The van der Waals surface area contributed by atoms with Crippen molar-refractivity contribution >= 4 is 17.7 Å². The lowest BCUT2D eigenvalue weighted by atomic mass is 10.1. The molecule has 0 aromatic heterocycles. The van der Waals surface area contributed by atoms with Gasteiger partial charge in [0.1, 0.15) is 5.75 Å². The van der Waals surface area contributed by atoms with Gasteiger partial charge in [0.15, 0.2) is 0 Å². The molecule has 0 spiro atoms. The van der Waals surface area contributed by atoms with Gasteiger partial charge in [-0.15, -0.1) is 11.8 Å². The molecule has 0 saturated heterocycles. The van der Waals surface area contributed by atoms with Crippen molar-refractivity contribution < 1.29 is 15.0 Å². The molecule has 0 amide bonds. The lowest BCUT2D eigenvalue weighted by molar-refractivity contribution is -0.142. The number of carbonyl (C=O) groups is 1. The van der Waals surface area contributed by atoms with E-state index in [4.69, 9.17) is 5.11 Å². The Hall–Kier alpha value is -1.16. The Morgan fingerprint density at radius 3 is 2.73 bits per heavy atom. The van der Waals surface area contributed by atoms with Crippen LogP contribution in [0.3, 0.4) is 0 Å². The van der Waals surface area contributed by atoms with Crippen molar-refractivity contribution in [3.63, 3.8) is 0 Å². The predicted octanol–water partition coefficient (Wildman–Crippen LogP) is 2.35. The second kappa shape index (κ2) is 3.77. The van der Waals surface area contributed by atoms with Crippen molar-refractivity contribution in [1.82, 2.24) is 0 Å². The van der Waals surface area contributed by atoms with E-state index < -0.39 is 11.4 Å². The first-order chi connectivity index (χ1) is 7.12. The second-order valence-corrected chi connectivity index (χ2v) is 4.92. The number of aliphatic carboxylic acids is 1. The van der Waals surface area contributed by atoms with E-state index in [1.807, 2.05) is 6.07 Å². The molecule has 1 aromatic rings. The van der Waals surface area contributed by atoms with Crippen molar-refractivity contribution in [2.75, 3.05) is 5.75 Å². The van der Waals surface area contributed by atoms with Gasteiger partial charge >= 0.3 is 5.97 Å². The van der Waals surface area contributed by atoms with Crippen LogP contribution in [0.2, 0.25) is 0 Å². The van der Waals surface area contributed by atoms with Gasteiger partial charge in [-0.3, -0.25) is 4.79 Å². The van der Waals surface area contributed by atoms with E-state index >= 15 is 0 Å². The number of hydrogen-bond donors (Lipinski definition) is 2. The van der Waals surface area contributed by atoms with E-state index in [1.54, 1.807) is 18.2 Å². The third-order valence-corrected chi connectivity index (χ3v) is 3.92. The van der Waals surface area contributed by atoms with E-state index in [0.717, 1.165) is 17.7 Å². The summed E-state index contributed by atoms with van der Waals surface area (Å²) in [5.74, 6) is 0.113. The number of thioether (sulfide) groups is 1. The van der Waals surface area contributed by atoms with Crippen LogP contribution in [0.5, 0.6) is 5.75 Å². The van der Waals surface area contributed by atoms with Crippen LogP contribution in [-0.4, -0.2) is 21.9 Å². The molecule has 0 aliphatic heterocycles. The molecule has 1 aliphatic carbocycles. The van der Waals surface area contributed by atoms with Gasteiger partial charge in [-0.2, -0.15) is 0 Å². The first-order valence-electron chi connectivity index (χ1n) is 4.78. The minimum absolute atomic E-state index is 0.222. The Morgan fingerprint density at radius 1 is 1.47 bits per heavy atom. The first-order valence-corrected chi connectivity index (χ1v) is 5.76. The van der Waals surface area contributed by atoms with Crippen LogP contribution in [0.1, 0.15) is 12.8 Å². The Morgan fingerprint density at radius 2 is 2.20 bits per heavy atom. The highest BCUT2D eigenvalue weighted by Gasteiger charge is 2.49. The molecule has 0 radical (unpaired) electrons. The maximum absolute atomic E-state index is 10.9. The Balaban J connectivity index is 1.96. The molecule has 15 heavy (non-hydrogen) atoms. The molecular formula is C11H12O3S. The van der Waals surface area contributed by atoms with Crippen molar-refractivity contribution in [1.29, 1.82) is 0 Å². The summed E-state index contributed by atoms with van der Waals surface area (Å²) in [5, 5.41) is 18.2. The van der Waals surface area contributed by atoms with Gasteiger partial charge in [0, 0.05) is 10.6 Å². The fourth-order valence-corrected chi connectivity index (χ4v) is 2.60. The normalized spacial score (nSPS) is 17.3.